The first-order valence-corrected chi connectivity index (χ1v) is 76.9. The second-order valence-corrected chi connectivity index (χ2v) is 88.4. The quantitative estimate of drug-likeness (QED) is 0.0152. The molecule has 0 aromatic carbocycles. The molecule has 8 bridgehead atoms. The first kappa shape index (κ1) is 105. The van der Waals surface area contributed by atoms with Crippen LogP contribution in [0.3, 0.4) is 0 Å². The van der Waals surface area contributed by atoms with Gasteiger partial charge in [0.1, 0.15) is 0 Å². The second kappa shape index (κ2) is 51.3. The Hall–Kier alpha value is 5.47. The Balaban J connectivity index is 1.56. The minimum Gasteiger partial charge on any atom is -0.365 e. The summed E-state index contributed by atoms with van der Waals surface area (Å²) in [6, 6.07) is 0. The maximum absolute atomic E-state index is 7.55. The number of unbranched alkanes of at least 4 members (excludes halogenated alkanes) is 1. The molecule has 0 aromatic rings. The second-order valence-electron chi connectivity index (χ2n) is 34.6. The fourth-order valence-corrected chi connectivity index (χ4v) is 129. The molecule has 8 saturated carbocycles. The van der Waals surface area contributed by atoms with Gasteiger partial charge >= 0.3 is 31.8 Å². The lowest BCUT2D eigenvalue weighted by Crippen LogP contribution is -2.46. The van der Waals surface area contributed by atoms with Crippen molar-refractivity contribution in [1.29, 1.82) is 0 Å². The van der Waals surface area contributed by atoms with E-state index in [0.717, 1.165) is 56.3 Å². The normalized spacial score (nSPS) is 29.4. The van der Waals surface area contributed by atoms with E-state index in [-0.39, 0.29) is 26.9 Å². The molecule has 8 aliphatic carbocycles. The molecular formula is C82H162O12S16Si4. The summed E-state index contributed by atoms with van der Waals surface area (Å²) in [6.45, 7) is 49.1. The van der Waals surface area contributed by atoms with Crippen LogP contribution in [0.1, 0.15) is 324 Å². The molecular weight excluding hydrogens is 1800 g/mol. The third-order valence-corrected chi connectivity index (χ3v) is 109. The van der Waals surface area contributed by atoms with E-state index in [0.29, 0.717) is 133 Å². The van der Waals surface area contributed by atoms with Crippen molar-refractivity contribution in [2.75, 3.05) is 79.3 Å². The minimum absolute atomic E-state index is 0.226. The number of hydrogen-bond acceptors (Lipinski definition) is 24. The summed E-state index contributed by atoms with van der Waals surface area (Å²) in [5.74, 6) is 7.61. The van der Waals surface area contributed by atoms with E-state index < -0.39 is 64.2 Å². The standard InChI is InChI=1S/C82H162O12S16Si4/c1-20-83-111(84-21-2,85-22-3)103-107(99-95,76-58-68-45-49-72(76)54-68)80(53-66(18)44-36-43-64(16)39-33-32-38-63(15)41-35-42-65(17)40-34-37-62(13)14)81(108(100-96,77-59-69-46-50-73(77)55-69)104-112(86-23-4,87-24-5)88-25-6)67(19)82(109(101-97,78-60-70-47-51-74(78)56-70)105-113(89-26-7,90-27-8)91-28-9)110(102-98,79-61-71-48-52-75(79)57-71)106-114(92-29-10,93-30-11)94-31-12/h62-66,68-79,95-98H,20-61H2,1-19H3. The van der Waals surface area contributed by atoms with E-state index in [1.807, 2.05) is 80.3 Å². The lowest BCUT2D eigenvalue weighted by molar-refractivity contribution is 0.0963. The van der Waals surface area contributed by atoms with Gasteiger partial charge in [0.2, 0.25) is 0 Å². The molecule has 8 rings (SSSR count). The number of fused-ring (bicyclic) bond motifs is 8. The summed E-state index contributed by atoms with van der Waals surface area (Å²) in [5.41, 5.74) is 1.39. The molecule has 32 heteroatoms. The van der Waals surface area contributed by atoms with Crippen LogP contribution < -0.4 is 0 Å². The molecule has 8 aliphatic rings. The van der Waals surface area contributed by atoms with Crippen LogP contribution in [-0.4, -0.2) is 132 Å². The highest BCUT2D eigenvalue weighted by atomic mass is 33.8. The fraction of sp³-hybridized carbons (Fsp3) is 0.951. The van der Waals surface area contributed by atoms with Gasteiger partial charge in [0.15, 0.2) is 0 Å². The van der Waals surface area contributed by atoms with Crippen molar-refractivity contribution >= 4 is 191 Å². The van der Waals surface area contributed by atoms with Crippen LogP contribution in [0.25, 0.3) is 0 Å². The highest BCUT2D eigenvalue weighted by molar-refractivity contribution is 9.48. The monoisotopic (exact) mass is 1960 g/mol. The van der Waals surface area contributed by atoms with Crippen LogP contribution in [-0.2, 0) is 53.1 Å². The molecule has 114 heavy (non-hydrogen) atoms. The van der Waals surface area contributed by atoms with Crippen molar-refractivity contribution in [2.45, 2.75) is 345 Å². The largest absolute Gasteiger partial charge is 0.583 e. The third kappa shape index (κ3) is 26.2. The molecule has 20 unspecified atom stereocenters. The van der Waals surface area contributed by atoms with Crippen LogP contribution in [0.5, 0.6) is 0 Å². The van der Waals surface area contributed by atoms with Gasteiger partial charge in [0.05, 0.1) is 0 Å². The first-order chi connectivity index (χ1) is 54.9. The van der Waals surface area contributed by atoms with Gasteiger partial charge in [-0.2, -0.15) is 0 Å². The predicted molar refractivity (Wildman–Crippen MR) is 542 cm³/mol. The Morgan fingerprint density at radius 2 is 0.544 bits per heavy atom. The average Bonchev–Trinajstić information content (AvgIpc) is 1.31. The van der Waals surface area contributed by atoms with Crippen LogP contribution in [0.4, 0.5) is 0 Å². The zero-order valence-electron chi connectivity index (χ0n) is 74.1. The summed E-state index contributed by atoms with van der Waals surface area (Å²) < 4.78 is 91.6. The average molecular weight is 1970 g/mol. The first-order valence-electron chi connectivity index (χ1n) is 45.4. The molecule has 0 aliphatic heterocycles. The molecule has 0 aromatic heterocycles. The van der Waals surface area contributed by atoms with E-state index in [4.69, 9.17) is 99.8 Å². The number of thiol groups is 4. The van der Waals surface area contributed by atoms with Gasteiger partial charge < -0.3 is 53.1 Å². The van der Waals surface area contributed by atoms with E-state index in [1.54, 1.807) is 4.91 Å². The Morgan fingerprint density at radius 1 is 0.307 bits per heavy atom. The van der Waals surface area contributed by atoms with Crippen LogP contribution in [0.15, 0.2) is 19.6 Å². The molecule has 0 heterocycles. The molecule has 0 radical (unpaired) electrons. The molecule has 0 N–H and O–H groups in total. The summed E-state index contributed by atoms with van der Waals surface area (Å²) in [6.07, 6.45) is 37.0. The van der Waals surface area contributed by atoms with Crippen molar-refractivity contribution in [2.24, 2.45) is 76.9 Å². The van der Waals surface area contributed by atoms with Crippen molar-refractivity contribution < 1.29 is 53.1 Å². The number of rotatable bonds is 64. The highest BCUT2D eigenvalue weighted by Gasteiger charge is 2.69. The van der Waals surface area contributed by atoms with Crippen LogP contribution >= 0.6 is 159 Å². The van der Waals surface area contributed by atoms with Gasteiger partial charge in [-0.15, -0.1) is 62.8 Å². The SMILES string of the molecule is CCO[Si](OCC)(OCC)SS(SS)(C(CC(C)CCCC(C)CCCCC(C)CCCC(C)CCCC(C)C)=C(C(C)=C(S(SS)(S[Si](OCC)(OCC)OCC)C1CC2CCC1C2)S(SS)(S[Si](OCC)(OCC)OCC)C1CC2CCC1C2)S(SS)(S[Si](OCC)(OCC)OCC)C1CC2CCC1C2)C1CC2CCC1C2. The van der Waals surface area contributed by atoms with E-state index in [1.165, 1.54) is 169 Å². The molecule has 12 nitrogen and oxygen atoms in total. The Morgan fingerprint density at radius 3 is 0.789 bits per heavy atom. The van der Waals surface area contributed by atoms with Gasteiger partial charge in [-0.1, -0.05) is 167 Å². The molecule has 0 saturated heterocycles. The number of hydrogen-bond donors (Lipinski definition) is 4. The fourth-order valence-electron chi connectivity index (χ4n) is 21.2. The van der Waals surface area contributed by atoms with Gasteiger partial charge in [-0.05, 0) is 336 Å². The van der Waals surface area contributed by atoms with Crippen LogP contribution in [0, 0.1) is 76.9 Å². The molecule has 674 valence electrons. The lowest BCUT2D eigenvalue weighted by Gasteiger charge is -2.60. The van der Waals surface area contributed by atoms with Gasteiger partial charge in [-0.25, -0.2) is 0 Å². The van der Waals surface area contributed by atoms with Crippen LogP contribution in [0.2, 0.25) is 0 Å². The van der Waals surface area contributed by atoms with Crippen molar-refractivity contribution in [3.63, 3.8) is 0 Å². The predicted octanol–water partition coefficient (Wildman–Crippen LogP) is 30.8. The van der Waals surface area contributed by atoms with E-state index >= 15 is 0 Å². The zero-order chi connectivity index (χ0) is 83.0. The summed E-state index contributed by atoms with van der Waals surface area (Å²) in [7, 11) is -9.15. The lowest BCUT2D eigenvalue weighted by atomic mass is 9.90. The highest BCUT2D eigenvalue weighted by Crippen LogP contribution is 3.00. The maximum Gasteiger partial charge on any atom is 0.583 e. The topological polar surface area (TPSA) is 111 Å². The van der Waals surface area contributed by atoms with Crippen molar-refractivity contribution in [3.05, 3.63) is 19.6 Å². The van der Waals surface area contributed by atoms with Crippen molar-refractivity contribution in [3.8, 4) is 0 Å². The van der Waals surface area contributed by atoms with Crippen molar-refractivity contribution in [1.82, 2.24) is 0 Å². The summed E-state index contributed by atoms with van der Waals surface area (Å²) in [5, 5.41) is 0.964. The Bertz CT molecular complexity index is 2730. The summed E-state index contributed by atoms with van der Waals surface area (Å²) in [4.78, 5) is 3.07. The molecule has 8 fully saturated rings. The van der Waals surface area contributed by atoms with Gasteiger partial charge in [-0.3, -0.25) is 0 Å². The minimum atomic E-state index is -3.77. The smallest absolute Gasteiger partial charge is 0.365 e. The van der Waals surface area contributed by atoms with E-state index in [2.05, 4.69) is 132 Å². The summed E-state index contributed by atoms with van der Waals surface area (Å²) >= 11 is 24.8. The van der Waals surface area contributed by atoms with Gasteiger partial charge in [0, 0.05) is 114 Å². The third-order valence-electron chi connectivity index (χ3n) is 26.0. The molecule has 0 amide bonds. The Kier molecular flexibility index (Phi) is 47.2. The molecule has 0 spiro atoms. The van der Waals surface area contributed by atoms with Gasteiger partial charge in [0.25, 0.3) is 0 Å². The Labute approximate surface area is 756 Å². The zero-order valence-corrected chi connectivity index (χ0v) is 91.5. The van der Waals surface area contributed by atoms with E-state index in [9.17, 15) is 0 Å². The number of allylic oxidation sites excluding steroid dienone is 2. The maximum atomic E-state index is 7.55. The molecule has 20 atom stereocenters.